The molecule has 1 aliphatic heterocycles. The van der Waals surface area contributed by atoms with Crippen LogP contribution in [0.5, 0.6) is 0 Å². The average Bonchev–Trinajstić information content (AvgIpc) is 2.76. The van der Waals surface area contributed by atoms with Crippen LogP contribution >= 0.6 is 0 Å². The van der Waals surface area contributed by atoms with E-state index in [1.807, 2.05) is 0 Å². The van der Waals surface area contributed by atoms with E-state index in [1.54, 1.807) is 0 Å². The van der Waals surface area contributed by atoms with Crippen molar-refractivity contribution in [2.24, 2.45) is 5.92 Å². The molecule has 3 heteroatoms. The summed E-state index contributed by atoms with van der Waals surface area (Å²) in [5.41, 5.74) is 2.29. The lowest BCUT2D eigenvalue weighted by Crippen LogP contribution is -2.53. The summed E-state index contributed by atoms with van der Waals surface area (Å²) in [5, 5.41) is 3.56. The first-order valence-electron chi connectivity index (χ1n) is 10.4. The Balaban J connectivity index is 1.46. The Morgan fingerprint density at radius 3 is 2.33 bits per heavy atom. The highest BCUT2D eigenvalue weighted by molar-refractivity contribution is 5.25. The van der Waals surface area contributed by atoms with E-state index >= 15 is 0 Å². The van der Waals surface area contributed by atoms with Crippen LogP contribution in [0.3, 0.4) is 0 Å². The molecule has 1 aliphatic carbocycles. The van der Waals surface area contributed by atoms with Crippen LogP contribution in [0.4, 0.5) is 0 Å². The lowest BCUT2D eigenvalue weighted by molar-refractivity contribution is -0.230. The van der Waals surface area contributed by atoms with E-state index in [9.17, 15) is 0 Å². The van der Waals surface area contributed by atoms with Gasteiger partial charge in [0.05, 0.1) is 19.3 Å². The van der Waals surface area contributed by atoms with Gasteiger partial charge in [0.2, 0.25) is 0 Å². The van der Waals surface area contributed by atoms with E-state index in [-0.39, 0.29) is 11.7 Å². The minimum Gasteiger partial charge on any atom is -0.375 e. The quantitative estimate of drug-likeness (QED) is 0.807. The van der Waals surface area contributed by atoms with Crippen molar-refractivity contribution in [1.29, 1.82) is 0 Å². The van der Waals surface area contributed by atoms with E-state index in [0.717, 1.165) is 13.1 Å². The van der Waals surface area contributed by atoms with E-state index in [4.69, 9.17) is 9.47 Å². The van der Waals surface area contributed by atoms with E-state index in [1.165, 1.54) is 43.2 Å². The standard InChI is InChI=1S/C24H31NO2/c1-4-10-20(11-5-1)16-25-17-23-18-26-19-24(27-23,21-12-6-2-7-13-21)22-14-8-3-9-15-22/h1-2,4-7,10-13,22-23,25H,3,8-9,14-19H2/t23-,24-/m1/s1. The molecular weight excluding hydrogens is 334 g/mol. The Hall–Kier alpha value is -1.68. The van der Waals surface area contributed by atoms with Crippen molar-refractivity contribution in [3.05, 3.63) is 71.8 Å². The molecule has 2 aliphatic rings. The molecule has 2 fully saturated rings. The number of ether oxygens (including phenoxy) is 2. The number of benzene rings is 2. The molecule has 1 saturated carbocycles. The summed E-state index contributed by atoms with van der Waals surface area (Å²) in [5.74, 6) is 0.547. The van der Waals surface area contributed by atoms with Crippen LogP contribution in [-0.2, 0) is 21.6 Å². The van der Waals surface area contributed by atoms with E-state index < -0.39 is 0 Å². The van der Waals surface area contributed by atoms with Crippen molar-refractivity contribution < 1.29 is 9.47 Å². The third-order valence-corrected chi connectivity index (χ3v) is 6.07. The molecule has 0 unspecified atom stereocenters. The smallest absolute Gasteiger partial charge is 0.120 e. The SMILES string of the molecule is c1ccc(CNC[C@@H]2COC[C@@](c3ccccc3)(C3CCCCC3)O2)cc1. The molecule has 1 heterocycles. The third kappa shape index (κ3) is 4.43. The van der Waals surface area contributed by atoms with Crippen molar-refractivity contribution >= 4 is 0 Å². The topological polar surface area (TPSA) is 30.5 Å². The van der Waals surface area contributed by atoms with Gasteiger partial charge in [-0.2, -0.15) is 0 Å². The molecule has 1 saturated heterocycles. The van der Waals surface area contributed by atoms with Crippen LogP contribution in [0, 0.1) is 5.92 Å². The van der Waals surface area contributed by atoms with Gasteiger partial charge in [-0.3, -0.25) is 0 Å². The molecule has 0 aromatic heterocycles. The van der Waals surface area contributed by atoms with Gasteiger partial charge in [0.1, 0.15) is 5.60 Å². The molecule has 4 rings (SSSR count). The molecule has 0 radical (unpaired) electrons. The van der Waals surface area contributed by atoms with Gasteiger partial charge in [0.15, 0.2) is 0 Å². The lowest BCUT2D eigenvalue weighted by atomic mass is 9.73. The van der Waals surface area contributed by atoms with Gasteiger partial charge < -0.3 is 14.8 Å². The lowest BCUT2D eigenvalue weighted by Gasteiger charge is -2.47. The van der Waals surface area contributed by atoms with Gasteiger partial charge in [-0.05, 0) is 29.9 Å². The second kappa shape index (κ2) is 9.01. The Morgan fingerprint density at radius 1 is 0.889 bits per heavy atom. The highest BCUT2D eigenvalue weighted by Crippen LogP contribution is 2.44. The van der Waals surface area contributed by atoms with Gasteiger partial charge in [-0.15, -0.1) is 0 Å². The summed E-state index contributed by atoms with van der Waals surface area (Å²) < 4.78 is 13.0. The highest BCUT2D eigenvalue weighted by Gasteiger charge is 2.46. The van der Waals surface area contributed by atoms with E-state index in [2.05, 4.69) is 66.0 Å². The van der Waals surface area contributed by atoms with Gasteiger partial charge in [-0.1, -0.05) is 79.9 Å². The predicted molar refractivity (Wildman–Crippen MR) is 109 cm³/mol. The van der Waals surface area contributed by atoms with Gasteiger partial charge >= 0.3 is 0 Å². The second-order valence-electron chi connectivity index (χ2n) is 7.96. The highest BCUT2D eigenvalue weighted by atomic mass is 16.6. The maximum absolute atomic E-state index is 6.85. The zero-order valence-corrected chi connectivity index (χ0v) is 16.1. The number of rotatable bonds is 6. The summed E-state index contributed by atoms with van der Waals surface area (Å²) in [6.07, 6.45) is 6.53. The van der Waals surface area contributed by atoms with Gasteiger partial charge in [0.25, 0.3) is 0 Å². The Labute approximate surface area is 163 Å². The monoisotopic (exact) mass is 365 g/mol. The largest absolute Gasteiger partial charge is 0.375 e. The molecular formula is C24H31NO2. The van der Waals surface area contributed by atoms with E-state index in [0.29, 0.717) is 19.1 Å². The first-order valence-corrected chi connectivity index (χ1v) is 10.4. The van der Waals surface area contributed by atoms with Gasteiger partial charge in [-0.25, -0.2) is 0 Å². The fourth-order valence-corrected chi connectivity index (χ4v) is 4.67. The summed E-state index contributed by atoms with van der Waals surface area (Å²) >= 11 is 0. The minimum absolute atomic E-state index is 0.0876. The first-order chi connectivity index (χ1) is 13.4. The van der Waals surface area contributed by atoms with Crippen LogP contribution < -0.4 is 5.32 Å². The Kier molecular flexibility index (Phi) is 6.23. The summed E-state index contributed by atoms with van der Waals surface area (Å²) in [7, 11) is 0. The Bertz CT molecular complexity index is 684. The molecule has 0 amide bonds. The number of nitrogens with one attached hydrogen (secondary N) is 1. The van der Waals surface area contributed by atoms with Crippen LogP contribution in [0.1, 0.15) is 43.2 Å². The van der Waals surface area contributed by atoms with Crippen molar-refractivity contribution in [3.8, 4) is 0 Å². The molecule has 1 N–H and O–H groups in total. The summed E-state index contributed by atoms with van der Waals surface area (Å²) in [4.78, 5) is 0. The number of hydrogen-bond acceptors (Lipinski definition) is 3. The van der Waals surface area contributed by atoms with Crippen LogP contribution in [0.25, 0.3) is 0 Å². The maximum Gasteiger partial charge on any atom is 0.120 e. The van der Waals surface area contributed by atoms with Crippen molar-refractivity contribution in [1.82, 2.24) is 5.32 Å². The molecule has 144 valence electrons. The van der Waals surface area contributed by atoms with Crippen LogP contribution in [-0.4, -0.2) is 25.9 Å². The molecule has 2 aromatic rings. The summed E-state index contributed by atoms with van der Waals surface area (Å²) in [6.45, 7) is 3.03. The molecule has 0 bridgehead atoms. The normalized spacial score (nSPS) is 26.7. The zero-order chi connectivity index (χ0) is 18.4. The minimum atomic E-state index is -0.293. The third-order valence-electron chi connectivity index (χ3n) is 6.07. The molecule has 2 aromatic carbocycles. The molecule has 27 heavy (non-hydrogen) atoms. The Morgan fingerprint density at radius 2 is 1.59 bits per heavy atom. The fraction of sp³-hybridized carbons (Fsp3) is 0.500. The van der Waals surface area contributed by atoms with Crippen molar-refractivity contribution in [2.75, 3.05) is 19.8 Å². The van der Waals surface area contributed by atoms with Crippen molar-refractivity contribution in [3.63, 3.8) is 0 Å². The maximum atomic E-state index is 6.85. The van der Waals surface area contributed by atoms with Crippen LogP contribution in [0.2, 0.25) is 0 Å². The molecule has 2 atom stereocenters. The fourth-order valence-electron chi connectivity index (χ4n) is 4.67. The number of hydrogen-bond donors (Lipinski definition) is 1. The molecule has 0 spiro atoms. The van der Waals surface area contributed by atoms with Crippen molar-refractivity contribution in [2.45, 2.75) is 50.4 Å². The van der Waals surface area contributed by atoms with Crippen LogP contribution in [0.15, 0.2) is 60.7 Å². The predicted octanol–water partition coefficient (Wildman–Crippen LogP) is 4.67. The second-order valence-corrected chi connectivity index (χ2v) is 7.96. The average molecular weight is 366 g/mol. The molecule has 3 nitrogen and oxygen atoms in total. The first kappa shape index (κ1) is 18.7. The summed E-state index contributed by atoms with van der Waals surface area (Å²) in [6, 6.07) is 21.3. The van der Waals surface area contributed by atoms with Gasteiger partial charge in [0, 0.05) is 13.1 Å². The zero-order valence-electron chi connectivity index (χ0n) is 16.1.